The molecule has 3 fully saturated rings. The van der Waals surface area contributed by atoms with Crippen LogP contribution in [0.25, 0.3) is 10.8 Å². The molecule has 0 aromatic heterocycles. The molecule has 9 N–H and O–H groups in total. The minimum Gasteiger partial charge on any atom is -0.459 e. The summed E-state index contributed by atoms with van der Waals surface area (Å²) in [6.07, 6.45) is -7.20. The summed E-state index contributed by atoms with van der Waals surface area (Å²) < 4.78 is 37.1. The van der Waals surface area contributed by atoms with Gasteiger partial charge in [0.25, 0.3) is 0 Å². The molecule has 20 atom stereocenters. The quantitative estimate of drug-likeness (QED) is 0.0484. The van der Waals surface area contributed by atoms with Crippen LogP contribution < -0.4 is 16.1 Å². The van der Waals surface area contributed by atoms with E-state index >= 15 is 0 Å². The molecule has 466 valence electrons. The molecular formula is C61H100N4O17. The average Bonchev–Trinajstić information content (AvgIpc) is 3.57. The van der Waals surface area contributed by atoms with Crippen LogP contribution in [0.15, 0.2) is 42.5 Å². The van der Waals surface area contributed by atoms with Gasteiger partial charge in [-0.3, -0.25) is 29.2 Å². The fourth-order valence-corrected chi connectivity index (χ4v) is 11.9. The molecule has 3 saturated heterocycles. The highest BCUT2D eigenvalue weighted by Crippen LogP contribution is 2.41. The third-order valence-electron chi connectivity index (χ3n) is 17.0. The number of hydrogen-bond donors (Lipinski definition) is 9. The van der Waals surface area contributed by atoms with Crippen molar-refractivity contribution in [1.82, 2.24) is 15.7 Å². The fourth-order valence-electron chi connectivity index (χ4n) is 11.9. The highest BCUT2D eigenvalue weighted by molar-refractivity contribution is 5.99. The lowest BCUT2D eigenvalue weighted by Gasteiger charge is -2.49. The van der Waals surface area contributed by atoms with Crippen LogP contribution in [-0.2, 0) is 52.4 Å². The van der Waals surface area contributed by atoms with Gasteiger partial charge in [-0.25, -0.2) is 5.48 Å². The van der Waals surface area contributed by atoms with Gasteiger partial charge in [-0.1, -0.05) is 91.6 Å². The molecule has 82 heavy (non-hydrogen) atoms. The predicted octanol–water partition coefficient (Wildman–Crippen LogP) is 5.80. The summed E-state index contributed by atoms with van der Waals surface area (Å²) in [5.41, 5.74) is -2.59. The highest BCUT2D eigenvalue weighted by atomic mass is 16.7. The summed E-state index contributed by atoms with van der Waals surface area (Å²) in [6.45, 7) is 22.3. The van der Waals surface area contributed by atoms with E-state index in [0.29, 0.717) is 24.9 Å². The van der Waals surface area contributed by atoms with Gasteiger partial charge in [0, 0.05) is 55.4 Å². The van der Waals surface area contributed by atoms with Crippen molar-refractivity contribution in [2.75, 3.05) is 26.5 Å². The van der Waals surface area contributed by atoms with Crippen LogP contribution in [0.4, 0.5) is 5.69 Å². The number of hydrogen-bond acceptors (Lipinski definition) is 18. The van der Waals surface area contributed by atoms with Gasteiger partial charge in [-0.15, -0.1) is 0 Å². The van der Waals surface area contributed by atoms with E-state index in [9.17, 15) is 49.5 Å². The first kappa shape index (κ1) is 70.3. The Morgan fingerprint density at radius 3 is 2.09 bits per heavy atom. The van der Waals surface area contributed by atoms with Crippen LogP contribution in [0, 0.1) is 35.5 Å². The van der Waals surface area contributed by atoms with Crippen LogP contribution in [0.5, 0.6) is 0 Å². The standard InChI is InChI=1S/C37H67NO13.C24H33N3O4/c1-14-25-37(10,45)30(41)20(4)27(39)18(2)16-35(8,44)32(51-34-28(40)24(38(11)12)15-19(3)47-34)21(5)29(22(6)33(43)49-25)50-26-17-36(9,46-13)31(42)23(7)48-26;1-4-5-8-19(15-22(28)27-31)23(29)26-21(13-16(2)3)24(30)25-20-12-11-17-9-6-7-10-18(17)14-20/h18-26,28-32,34,40-42,44-45H,14-17H2,1-13H3;6-7,9-12,14,16,19,21,31H,4-5,8,13,15H2,1-3H3,(H,25,30)(H,26,29)(H,27,28)/t18-,19-,20+,21+,22-,23+,24+,25-,26+,28-,29+,30-,31+,32-,34+,35-,36-,37-;19-,21-/m10/s1. The van der Waals surface area contributed by atoms with Crippen molar-refractivity contribution in [2.45, 2.75) is 238 Å². The van der Waals surface area contributed by atoms with Crippen LogP contribution in [-0.4, -0.2) is 177 Å². The minimum absolute atomic E-state index is 0.0936. The van der Waals surface area contributed by atoms with Gasteiger partial charge >= 0.3 is 5.97 Å². The Hall–Kier alpha value is -4.23. The molecule has 0 saturated carbocycles. The average molecular weight is 1160 g/mol. The van der Waals surface area contributed by atoms with Crippen LogP contribution in [0.1, 0.15) is 148 Å². The first-order valence-electron chi connectivity index (χ1n) is 29.4. The number of Topliss-reactive ketones (excluding diaryl/α,β-unsaturated/α-hetero) is 1. The molecule has 0 spiro atoms. The third kappa shape index (κ3) is 18.1. The number of nitrogens with zero attached hydrogens (tertiary/aromatic N) is 1. The largest absolute Gasteiger partial charge is 0.459 e. The molecule has 3 amide bonds. The predicted molar refractivity (Wildman–Crippen MR) is 308 cm³/mol. The second kappa shape index (κ2) is 30.7. The Kier molecular flexibility index (Phi) is 26.3. The number of amides is 3. The second-order valence-corrected chi connectivity index (χ2v) is 24.8. The van der Waals surface area contributed by atoms with E-state index < -0.39 is 125 Å². The molecule has 3 aliphatic heterocycles. The number of unbranched alkanes of at least 4 members (excludes halogenated alkanes) is 1. The van der Waals surface area contributed by atoms with Gasteiger partial charge in [0.1, 0.15) is 35.7 Å². The maximum absolute atomic E-state index is 14.1. The molecule has 21 heteroatoms. The number of cyclic esters (lactones) is 1. The molecule has 0 aliphatic carbocycles. The SMILES string of the molecule is CCCC[C@@H](CC(=O)NO)C(=O)N[C@@H](CC(C)C)C(=O)Nc1ccc2ccccc2c1.CC[C@H]1OC(=O)[C@H](C)[C@@H](O[C@H]2C[C@@](C)(OC)[C@@H](O)[C@H](C)O2)[C@H](C)[C@@H](O[C@@H]2O[C@H](C)C[C@H](N(C)C)[C@H]2O)[C@](C)(O)C[C@@H](C)C(=O)[C@H](C)[C@@H](O)[C@]1(C)O. The maximum atomic E-state index is 14.1. The van der Waals surface area contributed by atoms with E-state index in [0.717, 1.165) is 23.6 Å². The van der Waals surface area contributed by atoms with Crippen LogP contribution >= 0.6 is 0 Å². The zero-order valence-corrected chi connectivity index (χ0v) is 51.4. The third-order valence-corrected chi connectivity index (χ3v) is 17.0. The number of anilines is 1. The summed E-state index contributed by atoms with van der Waals surface area (Å²) in [4.78, 5) is 67.2. The number of fused-ring (bicyclic) bond motifs is 1. The molecule has 2 aromatic rings. The van der Waals surface area contributed by atoms with E-state index in [2.05, 4.69) is 10.6 Å². The summed E-state index contributed by atoms with van der Waals surface area (Å²) in [6, 6.07) is 12.5. The number of carbonyl (C=O) groups is 5. The summed E-state index contributed by atoms with van der Waals surface area (Å²) in [5, 5.41) is 74.3. The lowest BCUT2D eigenvalue weighted by molar-refractivity contribution is -0.318. The molecule has 0 radical (unpaired) electrons. The number of aliphatic hydroxyl groups excluding tert-OH is 3. The zero-order chi connectivity index (χ0) is 61.8. The number of aliphatic hydroxyl groups is 5. The molecule has 0 bridgehead atoms. The molecular weight excluding hydrogens is 1060 g/mol. The van der Waals surface area contributed by atoms with E-state index in [1.165, 1.54) is 27.9 Å². The van der Waals surface area contributed by atoms with Gasteiger partial charge in [-0.2, -0.15) is 0 Å². The number of methoxy groups -OCH3 is 1. The van der Waals surface area contributed by atoms with Gasteiger partial charge in [-0.05, 0) is 117 Å². The van der Waals surface area contributed by atoms with E-state index in [4.69, 9.17) is 33.6 Å². The topological polar surface area (TPSA) is 301 Å². The van der Waals surface area contributed by atoms with Gasteiger partial charge in [0.05, 0.1) is 47.6 Å². The van der Waals surface area contributed by atoms with Crippen molar-refractivity contribution in [2.24, 2.45) is 35.5 Å². The number of benzene rings is 2. The normalized spacial score (nSPS) is 35.8. The number of likely N-dealkylation sites (N-methyl/N-ethyl adjacent to an activating group) is 1. The first-order chi connectivity index (χ1) is 38.3. The Labute approximate surface area is 485 Å². The molecule has 3 heterocycles. The molecule has 3 aliphatic rings. The molecule has 0 unspecified atom stereocenters. The van der Waals surface area contributed by atoms with Crippen LogP contribution in [0.3, 0.4) is 0 Å². The smallest absolute Gasteiger partial charge is 0.311 e. The van der Waals surface area contributed by atoms with Crippen LogP contribution in [0.2, 0.25) is 0 Å². The lowest BCUT2D eigenvalue weighted by atomic mass is 9.74. The Bertz CT molecular complexity index is 2390. The van der Waals surface area contributed by atoms with E-state index in [1.54, 1.807) is 47.0 Å². The van der Waals surface area contributed by atoms with E-state index in [-0.39, 0.29) is 55.6 Å². The van der Waals surface area contributed by atoms with Crippen molar-refractivity contribution < 1.29 is 83.1 Å². The summed E-state index contributed by atoms with van der Waals surface area (Å²) in [5.74, 6) is -6.65. The van der Waals surface area contributed by atoms with Crippen molar-refractivity contribution in [3.63, 3.8) is 0 Å². The Balaban J connectivity index is 0.000000397. The number of hydroxylamine groups is 1. The monoisotopic (exact) mass is 1160 g/mol. The summed E-state index contributed by atoms with van der Waals surface area (Å²) in [7, 11) is 5.18. The lowest BCUT2D eigenvalue weighted by Crippen LogP contribution is -2.61. The number of ether oxygens (including phenoxy) is 6. The molecule has 21 nitrogen and oxygen atoms in total. The van der Waals surface area contributed by atoms with Gasteiger partial charge < -0.3 is 69.5 Å². The van der Waals surface area contributed by atoms with Crippen molar-refractivity contribution >= 4 is 45.9 Å². The number of nitrogens with one attached hydrogen (secondary N) is 3. The fraction of sp³-hybridized carbons (Fsp3) is 0.754. The Morgan fingerprint density at radius 1 is 0.854 bits per heavy atom. The number of ketones is 1. The van der Waals surface area contributed by atoms with Gasteiger partial charge in [0.2, 0.25) is 17.7 Å². The van der Waals surface area contributed by atoms with Gasteiger partial charge in [0.15, 0.2) is 12.6 Å². The second-order valence-electron chi connectivity index (χ2n) is 24.8. The zero-order valence-electron chi connectivity index (χ0n) is 51.4. The van der Waals surface area contributed by atoms with Crippen molar-refractivity contribution in [3.8, 4) is 0 Å². The Morgan fingerprint density at radius 2 is 1.50 bits per heavy atom. The summed E-state index contributed by atoms with van der Waals surface area (Å²) >= 11 is 0. The number of rotatable bonds is 18. The van der Waals surface area contributed by atoms with E-state index in [1.807, 2.05) is 89.2 Å². The molecule has 5 rings (SSSR count). The number of esters is 1. The maximum Gasteiger partial charge on any atom is 0.311 e. The first-order valence-corrected chi connectivity index (χ1v) is 29.4. The highest BCUT2D eigenvalue weighted by Gasteiger charge is 2.53. The number of carbonyl (C=O) groups excluding carboxylic acids is 5. The van der Waals surface area contributed by atoms with Crippen molar-refractivity contribution in [3.05, 3.63) is 42.5 Å². The van der Waals surface area contributed by atoms with Crippen molar-refractivity contribution in [1.29, 1.82) is 0 Å². The minimum atomic E-state index is -1.99. The molecule has 2 aromatic carbocycles.